The van der Waals surface area contributed by atoms with Crippen LogP contribution in [0, 0.1) is 12.8 Å². The number of carbonyl (C=O) groups excluding carboxylic acids is 3. The number of hydrogen-bond donors (Lipinski definition) is 2. The molecule has 2 aliphatic rings. The first-order valence-corrected chi connectivity index (χ1v) is 12.2. The summed E-state index contributed by atoms with van der Waals surface area (Å²) in [6, 6.07) is 15.6. The molecule has 7 heteroatoms. The number of aryl methyl sites for hydroxylation is 1. The van der Waals surface area contributed by atoms with E-state index in [0.29, 0.717) is 13.1 Å². The lowest BCUT2D eigenvalue weighted by molar-refractivity contribution is -0.129. The molecular weight excluding hydrogens is 428 g/mol. The van der Waals surface area contributed by atoms with E-state index in [1.165, 1.54) is 18.4 Å². The maximum Gasteiger partial charge on any atom is 0.226 e. The Balaban J connectivity index is 1.24. The molecule has 3 amide bonds. The molecule has 2 saturated heterocycles. The summed E-state index contributed by atoms with van der Waals surface area (Å²) in [5, 5.41) is 5.87. The summed E-state index contributed by atoms with van der Waals surface area (Å²) < 4.78 is 0. The van der Waals surface area contributed by atoms with Gasteiger partial charge in [-0.25, -0.2) is 0 Å². The maximum atomic E-state index is 12.7. The monoisotopic (exact) mass is 462 g/mol. The molecule has 2 aromatic rings. The molecule has 0 spiro atoms. The molecule has 2 aromatic carbocycles. The van der Waals surface area contributed by atoms with Gasteiger partial charge in [0, 0.05) is 56.4 Å². The summed E-state index contributed by atoms with van der Waals surface area (Å²) in [6.45, 7) is 6.86. The number of hydrogen-bond acceptors (Lipinski definition) is 4. The van der Waals surface area contributed by atoms with E-state index in [4.69, 9.17) is 0 Å². The highest BCUT2D eigenvalue weighted by atomic mass is 16.2. The summed E-state index contributed by atoms with van der Waals surface area (Å²) in [4.78, 5) is 41.8. The van der Waals surface area contributed by atoms with Crippen LogP contribution < -0.4 is 15.5 Å². The van der Waals surface area contributed by atoms with E-state index in [1.807, 2.05) is 56.3 Å². The number of amides is 3. The molecule has 2 N–H and O–H groups in total. The molecule has 2 aliphatic heterocycles. The van der Waals surface area contributed by atoms with Gasteiger partial charge in [-0.3, -0.25) is 14.4 Å². The van der Waals surface area contributed by atoms with Gasteiger partial charge in [0.1, 0.15) is 0 Å². The second-order valence-corrected chi connectivity index (χ2v) is 9.57. The van der Waals surface area contributed by atoms with Crippen LogP contribution in [0.3, 0.4) is 0 Å². The number of anilines is 2. The van der Waals surface area contributed by atoms with E-state index >= 15 is 0 Å². The van der Waals surface area contributed by atoms with Crippen molar-refractivity contribution in [3.05, 3.63) is 59.7 Å². The minimum atomic E-state index is -0.388. The highest BCUT2D eigenvalue weighted by Crippen LogP contribution is 2.24. The lowest BCUT2D eigenvalue weighted by Gasteiger charge is -2.19. The van der Waals surface area contributed by atoms with Gasteiger partial charge in [0.2, 0.25) is 17.7 Å². The second-order valence-electron chi connectivity index (χ2n) is 9.57. The van der Waals surface area contributed by atoms with Crippen LogP contribution in [-0.2, 0) is 20.9 Å². The van der Waals surface area contributed by atoms with Gasteiger partial charge in [0.05, 0.1) is 5.92 Å². The van der Waals surface area contributed by atoms with Gasteiger partial charge < -0.3 is 20.4 Å². The van der Waals surface area contributed by atoms with Gasteiger partial charge in [-0.2, -0.15) is 0 Å². The normalized spacial score (nSPS) is 18.8. The summed E-state index contributed by atoms with van der Waals surface area (Å²) in [6.07, 6.45) is 2.78. The molecule has 0 bridgehead atoms. The lowest BCUT2D eigenvalue weighted by Crippen LogP contribution is -2.40. The van der Waals surface area contributed by atoms with E-state index < -0.39 is 0 Å². The maximum absolute atomic E-state index is 12.7. The number of likely N-dealkylation sites (tertiary alicyclic amines) is 1. The fourth-order valence-corrected chi connectivity index (χ4v) is 4.67. The smallest absolute Gasteiger partial charge is 0.226 e. The molecule has 0 saturated carbocycles. The molecule has 0 aromatic heterocycles. The Bertz CT molecular complexity index is 1030. The number of nitrogens with zero attached hydrogens (tertiary/aromatic N) is 2. The predicted molar refractivity (Wildman–Crippen MR) is 133 cm³/mol. The highest BCUT2D eigenvalue weighted by molar-refractivity contribution is 5.93. The average molecular weight is 463 g/mol. The van der Waals surface area contributed by atoms with Crippen molar-refractivity contribution in [2.24, 2.45) is 5.92 Å². The SMILES string of the molecule is Cc1ccc(CN2CC(C(=O)NC(C)CC(=O)Nc3cccc(N4CCCC4)c3)CC2=O)cc1. The summed E-state index contributed by atoms with van der Waals surface area (Å²) in [7, 11) is 0. The fourth-order valence-electron chi connectivity index (χ4n) is 4.67. The van der Waals surface area contributed by atoms with E-state index in [1.54, 1.807) is 4.90 Å². The van der Waals surface area contributed by atoms with Gasteiger partial charge in [-0.1, -0.05) is 35.9 Å². The van der Waals surface area contributed by atoms with Gasteiger partial charge in [-0.05, 0) is 50.5 Å². The van der Waals surface area contributed by atoms with Crippen LogP contribution in [0.4, 0.5) is 11.4 Å². The number of carbonyl (C=O) groups is 3. The lowest BCUT2D eigenvalue weighted by atomic mass is 10.1. The van der Waals surface area contributed by atoms with E-state index in [9.17, 15) is 14.4 Å². The topological polar surface area (TPSA) is 81.8 Å². The first kappa shape index (κ1) is 23.8. The quantitative estimate of drug-likeness (QED) is 0.629. The first-order valence-electron chi connectivity index (χ1n) is 12.2. The van der Waals surface area contributed by atoms with Crippen LogP contribution in [0.15, 0.2) is 48.5 Å². The zero-order valence-corrected chi connectivity index (χ0v) is 20.0. The molecule has 34 heavy (non-hydrogen) atoms. The summed E-state index contributed by atoms with van der Waals surface area (Å²) >= 11 is 0. The number of nitrogens with one attached hydrogen (secondary N) is 2. The molecule has 180 valence electrons. The van der Waals surface area contributed by atoms with Crippen molar-refractivity contribution in [2.45, 2.75) is 52.1 Å². The zero-order chi connectivity index (χ0) is 24.1. The van der Waals surface area contributed by atoms with Crippen molar-refractivity contribution >= 4 is 29.1 Å². The van der Waals surface area contributed by atoms with Gasteiger partial charge in [0.25, 0.3) is 0 Å². The first-order chi connectivity index (χ1) is 16.4. The van der Waals surface area contributed by atoms with E-state index in [2.05, 4.69) is 21.6 Å². The predicted octanol–water partition coefficient (Wildman–Crippen LogP) is 3.48. The molecule has 2 fully saturated rings. The van der Waals surface area contributed by atoms with E-state index in [0.717, 1.165) is 30.0 Å². The summed E-state index contributed by atoms with van der Waals surface area (Å²) in [5.41, 5.74) is 4.11. The molecule has 2 heterocycles. The van der Waals surface area contributed by atoms with Crippen molar-refractivity contribution in [3.8, 4) is 0 Å². The second kappa shape index (κ2) is 10.7. The molecule has 0 aliphatic carbocycles. The molecule has 7 nitrogen and oxygen atoms in total. The largest absolute Gasteiger partial charge is 0.371 e. The minimum absolute atomic E-state index is 0.0102. The molecule has 2 unspecified atom stereocenters. The van der Waals surface area contributed by atoms with Gasteiger partial charge >= 0.3 is 0 Å². The third kappa shape index (κ3) is 6.16. The van der Waals surface area contributed by atoms with Crippen molar-refractivity contribution in [2.75, 3.05) is 29.9 Å². The van der Waals surface area contributed by atoms with Crippen molar-refractivity contribution in [1.29, 1.82) is 0 Å². The minimum Gasteiger partial charge on any atom is -0.371 e. The van der Waals surface area contributed by atoms with Crippen LogP contribution in [0.1, 0.15) is 43.7 Å². The van der Waals surface area contributed by atoms with Crippen molar-refractivity contribution in [3.63, 3.8) is 0 Å². The van der Waals surface area contributed by atoms with Crippen molar-refractivity contribution in [1.82, 2.24) is 10.2 Å². The van der Waals surface area contributed by atoms with E-state index in [-0.39, 0.29) is 42.5 Å². The third-order valence-corrected chi connectivity index (χ3v) is 6.56. The fraction of sp³-hybridized carbons (Fsp3) is 0.444. The Morgan fingerprint density at radius 2 is 1.82 bits per heavy atom. The van der Waals surface area contributed by atoms with Crippen LogP contribution in [0.2, 0.25) is 0 Å². The molecule has 2 atom stereocenters. The van der Waals surface area contributed by atoms with Gasteiger partial charge in [0.15, 0.2) is 0 Å². The van der Waals surface area contributed by atoms with Crippen molar-refractivity contribution < 1.29 is 14.4 Å². The number of rotatable bonds is 8. The Kier molecular flexibility index (Phi) is 7.50. The number of benzene rings is 2. The van der Waals surface area contributed by atoms with Crippen LogP contribution >= 0.6 is 0 Å². The van der Waals surface area contributed by atoms with Gasteiger partial charge in [-0.15, -0.1) is 0 Å². The molecule has 4 rings (SSSR count). The Hall–Kier alpha value is -3.35. The molecule has 0 radical (unpaired) electrons. The van der Waals surface area contributed by atoms with Crippen LogP contribution in [0.25, 0.3) is 0 Å². The highest BCUT2D eigenvalue weighted by Gasteiger charge is 2.34. The standard InChI is InChI=1S/C27H34N4O3/c1-19-8-10-21(11-9-19)17-31-18-22(15-26(31)33)27(34)28-20(2)14-25(32)29-23-6-5-7-24(16-23)30-12-3-4-13-30/h5-11,16,20,22H,3-4,12-15,17-18H2,1-2H3,(H,28,34)(H,29,32). The zero-order valence-electron chi connectivity index (χ0n) is 20.0. The Morgan fingerprint density at radius 1 is 1.09 bits per heavy atom. The Labute approximate surface area is 201 Å². The Morgan fingerprint density at radius 3 is 2.56 bits per heavy atom. The molecular formula is C27H34N4O3. The average Bonchev–Trinajstić information content (AvgIpc) is 3.46. The third-order valence-electron chi connectivity index (χ3n) is 6.56. The van der Waals surface area contributed by atoms with Crippen LogP contribution in [-0.4, -0.2) is 48.3 Å². The summed E-state index contributed by atoms with van der Waals surface area (Å²) in [5.74, 6) is -0.712. The van der Waals surface area contributed by atoms with Crippen LogP contribution in [0.5, 0.6) is 0 Å².